The fourth-order valence-corrected chi connectivity index (χ4v) is 3.63. The minimum atomic E-state index is -4.58. The molecule has 2 aliphatic carbocycles. The molecule has 0 unspecified atom stereocenters. The highest BCUT2D eigenvalue weighted by Gasteiger charge is 2.34. The Morgan fingerprint density at radius 1 is 1.21 bits per heavy atom. The predicted molar refractivity (Wildman–Crippen MR) is 97.2 cm³/mol. The highest BCUT2D eigenvalue weighted by Crippen LogP contribution is 2.33. The second kappa shape index (κ2) is 6.73. The number of hydrogen-bond donors (Lipinski definition) is 2. The monoisotopic (exact) mass is 392 g/mol. The van der Waals surface area contributed by atoms with Gasteiger partial charge in [0.05, 0.1) is 17.7 Å². The highest BCUT2D eigenvalue weighted by molar-refractivity contribution is 5.94. The zero-order valence-corrected chi connectivity index (χ0v) is 15.0. The number of carbonyl (C=O) groups is 1. The SMILES string of the molecule is O=C(CC1(O)CCCCC1)Nc1nc2ccc(C(F)(F)F)nc2n1C1=CC=C1. The van der Waals surface area contributed by atoms with E-state index in [-0.39, 0.29) is 23.5 Å². The Balaban J connectivity index is 1.65. The Bertz CT molecular complexity index is 985. The van der Waals surface area contributed by atoms with Crippen molar-refractivity contribution in [1.29, 1.82) is 0 Å². The van der Waals surface area contributed by atoms with Crippen LogP contribution in [-0.2, 0) is 11.0 Å². The van der Waals surface area contributed by atoms with Crippen molar-refractivity contribution in [2.45, 2.75) is 50.3 Å². The van der Waals surface area contributed by atoms with Crippen LogP contribution in [0.2, 0.25) is 0 Å². The van der Waals surface area contributed by atoms with Crippen LogP contribution in [0.4, 0.5) is 19.1 Å². The van der Waals surface area contributed by atoms with Crippen LogP contribution in [0.1, 0.15) is 44.2 Å². The number of aromatic nitrogens is 3. The van der Waals surface area contributed by atoms with E-state index in [1.807, 2.05) is 0 Å². The van der Waals surface area contributed by atoms with E-state index < -0.39 is 23.4 Å². The Hall–Kier alpha value is -2.68. The lowest BCUT2D eigenvalue weighted by atomic mass is 9.82. The molecule has 1 fully saturated rings. The van der Waals surface area contributed by atoms with E-state index in [2.05, 4.69) is 15.3 Å². The maximum absolute atomic E-state index is 13.0. The van der Waals surface area contributed by atoms with Gasteiger partial charge in [0.25, 0.3) is 0 Å². The molecule has 2 aromatic rings. The maximum Gasteiger partial charge on any atom is 0.433 e. The molecule has 148 valence electrons. The zero-order valence-electron chi connectivity index (χ0n) is 15.0. The summed E-state index contributed by atoms with van der Waals surface area (Å²) >= 11 is 0. The average molecular weight is 392 g/mol. The van der Waals surface area contributed by atoms with Crippen molar-refractivity contribution in [3.63, 3.8) is 0 Å². The number of rotatable bonds is 4. The number of nitrogens with one attached hydrogen (secondary N) is 1. The van der Waals surface area contributed by atoms with Crippen molar-refractivity contribution in [2.75, 3.05) is 5.32 Å². The molecule has 1 amide bonds. The van der Waals surface area contributed by atoms with Gasteiger partial charge in [0.2, 0.25) is 11.9 Å². The number of imidazole rings is 1. The average Bonchev–Trinajstić information content (AvgIpc) is 2.90. The predicted octanol–water partition coefficient (Wildman–Crippen LogP) is 3.88. The zero-order chi connectivity index (χ0) is 19.9. The van der Waals surface area contributed by atoms with Gasteiger partial charge in [-0.2, -0.15) is 13.2 Å². The van der Waals surface area contributed by atoms with Crippen molar-refractivity contribution in [1.82, 2.24) is 14.5 Å². The van der Waals surface area contributed by atoms with E-state index >= 15 is 0 Å². The third kappa shape index (κ3) is 3.54. The first-order valence-corrected chi connectivity index (χ1v) is 9.13. The molecule has 0 bridgehead atoms. The van der Waals surface area contributed by atoms with Crippen molar-refractivity contribution >= 4 is 28.7 Å². The molecule has 2 N–H and O–H groups in total. The number of alkyl halides is 3. The molecule has 4 rings (SSSR count). The smallest absolute Gasteiger partial charge is 0.389 e. The van der Waals surface area contributed by atoms with Crippen molar-refractivity contribution in [2.24, 2.45) is 0 Å². The van der Waals surface area contributed by atoms with E-state index in [0.29, 0.717) is 18.5 Å². The molecular weight excluding hydrogens is 373 g/mol. The molecule has 0 spiro atoms. The molecule has 6 nitrogen and oxygen atoms in total. The number of allylic oxidation sites excluding steroid dienone is 4. The summed E-state index contributed by atoms with van der Waals surface area (Å²) in [5.74, 6) is -0.345. The van der Waals surface area contributed by atoms with E-state index in [1.165, 1.54) is 10.6 Å². The first-order chi connectivity index (χ1) is 13.3. The van der Waals surface area contributed by atoms with Gasteiger partial charge in [0, 0.05) is 0 Å². The summed E-state index contributed by atoms with van der Waals surface area (Å²) in [4.78, 5) is 20.5. The van der Waals surface area contributed by atoms with Crippen LogP contribution >= 0.6 is 0 Å². The van der Waals surface area contributed by atoms with Crippen LogP contribution in [0, 0.1) is 0 Å². The van der Waals surface area contributed by atoms with Crippen molar-refractivity contribution in [3.8, 4) is 0 Å². The molecule has 0 atom stereocenters. The summed E-state index contributed by atoms with van der Waals surface area (Å²) in [6, 6.07) is 2.09. The minimum absolute atomic E-state index is 0.0112. The van der Waals surface area contributed by atoms with Crippen molar-refractivity contribution in [3.05, 3.63) is 36.1 Å². The Morgan fingerprint density at radius 3 is 2.54 bits per heavy atom. The molecule has 2 aromatic heterocycles. The topological polar surface area (TPSA) is 80.0 Å². The van der Waals surface area contributed by atoms with E-state index in [0.717, 1.165) is 25.3 Å². The van der Waals surface area contributed by atoms with Gasteiger partial charge in [0.15, 0.2) is 5.65 Å². The Labute approximate surface area is 158 Å². The van der Waals surface area contributed by atoms with Crippen LogP contribution in [0.25, 0.3) is 16.9 Å². The number of anilines is 1. The third-order valence-corrected chi connectivity index (χ3v) is 5.11. The number of hydrogen-bond acceptors (Lipinski definition) is 4. The third-order valence-electron chi connectivity index (χ3n) is 5.11. The normalized spacial score (nSPS) is 18.6. The molecule has 9 heteroatoms. The largest absolute Gasteiger partial charge is 0.433 e. The summed E-state index contributed by atoms with van der Waals surface area (Å²) in [7, 11) is 0. The fourth-order valence-electron chi connectivity index (χ4n) is 3.63. The molecule has 28 heavy (non-hydrogen) atoms. The lowest BCUT2D eigenvalue weighted by molar-refractivity contribution is -0.141. The summed E-state index contributed by atoms with van der Waals surface area (Å²) in [5, 5.41) is 13.2. The van der Waals surface area contributed by atoms with Gasteiger partial charge in [-0.3, -0.25) is 14.7 Å². The second-order valence-corrected chi connectivity index (χ2v) is 7.27. The standard InChI is InChI=1S/C19H19F3N4O2/c20-19(21,22)14-8-7-13-16(24-14)26(12-5-4-6-12)17(23-13)25-15(27)11-18(28)9-2-1-3-10-18/h4-8,28H,1-3,9-11H2,(H,23,25,27). The van der Waals surface area contributed by atoms with E-state index in [1.54, 1.807) is 18.2 Å². The minimum Gasteiger partial charge on any atom is -0.389 e. The molecule has 2 aliphatic rings. The Kier molecular flexibility index (Phi) is 4.49. The summed E-state index contributed by atoms with van der Waals surface area (Å²) < 4.78 is 40.5. The van der Waals surface area contributed by atoms with Gasteiger partial charge in [-0.15, -0.1) is 0 Å². The first kappa shape index (κ1) is 18.7. The molecular formula is C19H19F3N4O2. The summed E-state index contributed by atoms with van der Waals surface area (Å²) in [6.45, 7) is 0. The quantitative estimate of drug-likeness (QED) is 0.828. The van der Waals surface area contributed by atoms with Gasteiger partial charge in [-0.1, -0.05) is 25.3 Å². The summed E-state index contributed by atoms with van der Waals surface area (Å²) in [6.07, 6.45) is 4.32. The molecule has 0 saturated heterocycles. The van der Waals surface area contributed by atoms with Gasteiger partial charge >= 0.3 is 6.18 Å². The number of carbonyl (C=O) groups excluding carboxylic acids is 1. The molecule has 2 heterocycles. The van der Waals surface area contributed by atoms with Gasteiger partial charge in [-0.25, -0.2) is 9.97 Å². The van der Waals surface area contributed by atoms with Gasteiger partial charge in [0.1, 0.15) is 11.2 Å². The number of nitrogens with zero attached hydrogens (tertiary/aromatic N) is 3. The number of aliphatic hydroxyl groups is 1. The number of halogens is 3. The molecule has 0 aliphatic heterocycles. The Morgan fingerprint density at radius 2 is 1.93 bits per heavy atom. The van der Waals surface area contributed by atoms with Crippen LogP contribution in [-0.4, -0.2) is 31.1 Å². The fraction of sp³-hybridized carbons (Fsp3) is 0.421. The number of fused-ring (bicyclic) bond motifs is 1. The second-order valence-electron chi connectivity index (χ2n) is 7.27. The first-order valence-electron chi connectivity index (χ1n) is 9.13. The van der Waals surface area contributed by atoms with Crippen LogP contribution in [0.3, 0.4) is 0 Å². The van der Waals surface area contributed by atoms with Gasteiger partial charge in [-0.05, 0) is 37.1 Å². The maximum atomic E-state index is 13.0. The number of amides is 1. The summed E-state index contributed by atoms with van der Waals surface area (Å²) in [5.41, 5.74) is -1.25. The van der Waals surface area contributed by atoms with Crippen LogP contribution in [0.5, 0.6) is 0 Å². The van der Waals surface area contributed by atoms with Gasteiger partial charge < -0.3 is 5.11 Å². The lowest BCUT2D eigenvalue weighted by Gasteiger charge is -2.31. The highest BCUT2D eigenvalue weighted by atomic mass is 19.4. The van der Waals surface area contributed by atoms with E-state index in [9.17, 15) is 23.1 Å². The lowest BCUT2D eigenvalue weighted by Crippen LogP contribution is -2.36. The molecule has 0 radical (unpaired) electrons. The molecule has 1 saturated carbocycles. The van der Waals surface area contributed by atoms with Crippen LogP contribution < -0.4 is 5.32 Å². The number of pyridine rings is 1. The molecule has 0 aromatic carbocycles. The van der Waals surface area contributed by atoms with Crippen molar-refractivity contribution < 1.29 is 23.1 Å². The van der Waals surface area contributed by atoms with E-state index in [4.69, 9.17) is 0 Å². The van der Waals surface area contributed by atoms with Crippen LogP contribution in [0.15, 0.2) is 30.4 Å².